The SMILES string of the molecule is COC(C(N)=O)c1ccc(N(C)C)cc1. The number of amides is 1. The first-order valence-corrected chi connectivity index (χ1v) is 4.65. The Morgan fingerprint density at radius 3 is 2.20 bits per heavy atom. The van der Waals surface area contributed by atoms with Crippen molar-refractivity contribution in [3.05, 3.63) is 29.8 Å². The van der Waals surface area contributed by atoms with Crippen LogP contribution in [0, 0.1) is 0 Å². The van der Waals surface area contributed by atoms with Gasteiger partial charge in [0.15, 0.2) is 6.10 Å². The average molecular weight is 208 g/mol. The van der Waals surface area contributed by atoms with E-state index in [-0.39, 0.29) is 0 Å². The fraction of sp³-hybridized carbons (Fsp3) is 0.364. The molecule has 4 heteroatoms. The molecule has 0 aromatic heterocycles. The summed E-state index contributed by atoms with van der Waals surface area (Å²) in [6.07, 6.45) is -0.666. The van der Waals surface area contributed by atoms with Crippen LogP contribution >= 0.6 is 0 Å². The zero-order valence-corrected chi connectivity index (χ0v) is 9.23. The van der Waals surface area contributed by atoms with E-state index in [2.05, 4.69) is 0 Å². The average Bonchev–Trinajstić information content (AvgIpc) is 2.19. The Morgan fingerprint density at radius 1 is 1.33 bits per heavy atom. The number of carbonyl (C=O) groups excluding carboxylic acids is 1. The van der Waals surface area contributed by atoms with Crippen molar-refractivity contribution in [2.45, 2.75) is 6.10 Å². The number of carbonyl (C=O) groups is 1. The van der Waals surface area contributed by atoms with E-state index in [1.54, 1.807) is 0 Å². The second-order valence-corrected chi connectivity index (χ2v) is 3.50. The number of nitrogens with zero attached hydrogens (tertiary/aromatic N) is 1. The quantitative estimate of drug-likeness (QED) is 0.800. The van der Waals surface area contributed by atoms with Crippen molar-refractivity contribution >= 4 is 11.6 Å². The van der Waals surface area contributed by atoms with Crippen molar-refractivity contribution in [1.82, 2.24) is 0 Å². The van der Waals surface area contributed by atoms with Crippen LogP contribution < -0.4 is 10.6 Å². The predicted octanol–water partition coefficient (Wildman–Crippen LogP) is 0.925. The number of primary amides is 1. The van der Waals surface area contributed by atoms with Gasteiger partial charge in [0.1, 0.15) is 0 Å². The summed E-state index contributed by atoms with van der Waals surface area (Å²) < 4.78 is 5.01. The van der Waals surface area contributed by atoms with Gasteiger partial charge in [-0.1, -0.05) is 12.1 Å². The summed E-state index contributed by atoms with van der Waals surface area (Å²) in [7, 11) is 5.38. The molecule has 4 nitrogen and oxygen atoms in total. The van der Waals surface area contributed by atoms with Crippen molar-refractivity contribution in [2.24, 2.45) is 5.73 Å². The fourth-order valence-electron chi connectivity index (χ4n) is 1.36. The molecule has 2 N–H and O–H groups in total. The molecule has 1 amide bonds. The van der Waals surface area contributed by atoms with Crippen LogP contribution in [0.2, 0.25) is 0 Å². The lowest BCUT2D eigenvalue weighted by Gasteiger charge is -2.15. The number of ether oxygens (including phenoxy) is 1. The molecule has 0 bridgehead atoms. The van der Waals surface area contributed by atoms with Crippen molar-refractivity contribution < 1.29 is 9.53 Å². The first-order chi connectivity index (χ1) is 7.06. The highest BCUT2D eigenvalue weighted by Gasteiger charge is 2.16. The van der Waals surface area contributed by atoms with Gasteiger partial charge in [0, 0.05) is 26.9 Å². The molecule has 0 aliphatic rings. The van der Waals surface area contributed by atoms with E-state index in [0.717, 1.165) is 11.3 Å². The highest BCUT2D eigenvalue weighted by molar-refractivity contribution is 5.80. The second kappa shape index (κ2) is 4.79. The van der Waals surface area contributed by atoms with Gasteiger partial charge in [0.2, 0.25) is 0 Å². The van der Waals surface area contributed by atoms with E-state index in [1.807, 2.05) is 43.3 Å². The molecule has 0 saturated carbocycles. The minimum Gasteiger partial charge on any atom is -0.378 e. The summed E-state index contributed by atoms with van der Waals surface area (Å²) in [4.78, 5) is 13.0. The number of rotatable bonds is 4. The van der Waals surface area contributed by atoms with Crippen molar-refractivity contribution in [3.8, 4) is 0 Å². The topological polar surface area (TPSA) is 55.6 Å². The van der Waals surface area contributed by atoms with Gasteiger partial charge in [-0.15, -0.1) is 0 Å². The van der Waals surface area contributed by atoms with Crippen LogP contribution in [0.3, 0.4) is 0 Å². The van der Waals surface area contributed by atoms with Crippen LogP contribution in [0.15, 0.2) is 24.3 Å². The standard InChI is InChI=1S/C11H16N2O2/c1-13(2)9-6-4-8(5-7-9)10(15-3)11(12)14/h4-7,10H,1-3H3,(H2,12,14). The Labute approximate surface area is 89.6 Å². The third-order valence-corrected chi connectivity index (χ3v) is 2.21. The van der Waals surface area contributed by atoms with Crippen molar-refractivity contribution in [2.75, 3.05) is 26.1 Å². The summed E-state index contributed by atoms with van der Waals surface area (Å²) in [6.45, 7) is 0. The summed E-state index contributed by atoms with van der Waals surface area (Å²) in [5.41, 5.74) is 7.04. The van der Waals surface area contributed by atoms with Crippen LogP contribution in [0.5, 0.6) is 0 Å². The normalized spacial score (nSPS) is 12.2. The number of anilines is 1. The molecule has 1 atom stereocenters. The monoisotopic (exact) mass is 208 g/mol. The van der Waals surface area contributed by atoms with Gasteiger partial charge >= 0.3 is 0 Å². The van der Waals surface area contributed by atoms with Crippen LogP contribution in [0.25, 0.3) is 0 Å². The smallest absolute Gasteiger partial charge is 0.251 e. The highest BCUT2D eigenvalue weighted by Crippen LogP contribution is 2.19. The van der Waals surface area contributed by atoms with Crippen LogP contribution in [0.4, 0.5) is 5.69 Å². The Hall–Kier alpha value is -1.55. The van der Waals surface area contributed by atoms with E-state index in [9.17, 15) is 4.79 Å². The van der Waals surface area contributed by atoms with Crippen molar-refractivity contribution in [1.29, 1.82) is 0 Å². The fourth-order valence-corrected chi connectivity index (χ4v) is 1.36. The van der Waals surface area contributed by atoms with E-state index in [1.165, 1.54) is 7.11 Å². The van der Waals surface area contributed by atoms with Gasteiger partial charge in [0.05, 0.1) is 0 Å². The molecular weight excluding hydrogens is 192 g/mol. The Kier molecular flexibility index (Phi) is 3.68. The van der Waals surface area contributed by atoms with E-state index in [0.29, 0.717) is 0 Å². The van der Waals surface area contributed by atoms with Gasteiger partial charge in [-0.3, -0.25) is 4.79 Å². The molecule has 82 valence electrons. The van der Waals surface area contributed by atoms with E-state index >= 15 is 0 Å². The molecule has 1 unspecified atom stereocenters. The van der Waals surface area contributed by atoms with Gasteiger partial charge in [-0.2, -0.15) is 0 Å². The van der Waals surface area contributed by atoms with E-state index in [4.69, 9.17) is 10.5 Å². The molecule has 0 radical (unpaired) electrons. The predicted molar refractivity (Wildman–Crippen MR) is 59.7 cm³/mol. The van der Waals surface area contributed by atoms with Crippen LogP contribution in [0.1, 0.15) is 11.7 Å². The second-order valence-electron chi connectivity index (χ2n) is 3.50. The molecule has 0 aliphatic carbocycles. The molecule has 0 heterocycles. The maximum absolute atomic E-state index is 11.0. The lowest BCUT2D eigenvalue weighted by atomic mass is 10.1. The zero-order valence-electron chi connectivity index (χ0n) is 9.23. The third kappa shape index (κ3) is 2.70. The first kappa shape index (κ1) is 11.5. The third-order valence-electron chi connectivity index (χ3n) is 2.21. The number of hydrogen-bond donors (Lipinski definition) is 1. The maximum atomic E-state index is 11.0. The van der Waals surface area contributed by atoms with Gasteiger partial charge in [-0.05, 0) is 17.7 Å². The molecule has 0 spiro atoms. The van der Waals surface area contributed by atoms with Gasteiger partial charge < -0.3 is 15.4 Å². The van der Waals surface area contributed by atoms with Crippen LogP contribution in [-0.2, 0) is 9.53 Å². The van der Waals surface area contributed by atoms with Crippen LogP contribution in [-0.4, -0.2) is 27.1 Å². The number of methoxy groups -OCH3 is 1. The summed E-state index contributed by atoms with van der Waals surface area (Å²) in [5.74, 6) is -0.477. The Balaban J connectivity index is 2.92. The molecular formula is C11H16N2O2. The molecule has 15 heavy (non-hydrogen) atoms. The molecule has 1 rings (SSSR count). The lowest BCUT2D eigenvalue weighted by molar-refractivity contribution is -0.128. The number of hydrogen-bond acceptors (Lipinski definition) is 3. The molecule has 1 aromatic carbocycles. The van der Waals surface area contributed by atoms with Gasteiger partial charge in [-0.25, -0.2) is 0 Å². The Morgan fingerprint density at radius 2 is 1.87 bits per heavy atom. The largest absolute Gasteiger partial charge is 0.378 e. The number of nitrogens with two attached hydrogens (primary N) is 1. The molecule has 0 fully saturated rings. The highest BCUT2D eigenvalue weighted by atomic mass is 16.5. The minimum atomic E-state index is -0.666. The number of benzene rings is 1. The summed E-state index contributed by atoms with van der Waals surface area (Å²) in [5, 5.41) is 0. The molecule has 0 aliphatic heterocycles. The Bertz CT molecular complexity index is 333. The summed E-state index contributed by atoms with van der Waals surface area (Å²) in [6, 6.07) is 7.52. The molecule has 1 aromatic rings. The van der Waals surface area contributed by atoms with E-state index < -0.39 is 12.0 Å². The first-order valence-electron chi connectivity index (χ1n) is 4.65. The zero-order chi connectivity index (χ0) is 11.4. The maximum Gasteiger partial charge on any atom is 0.251 e. The van der Waals surface area contributed by atoms with Gasteiger partial charge in [0.25, 0.3) is 5.91 Å². The minimum absolute atomic E-state index is 0.477. The summed E-state index contributed by atoms with van der Waals surface area (Å²) >= 11 is 0. The lowest BCUT2D eigenvalue weighted by Crippen LogP contribution is -2.22. The van der Waals surface area contributed by atoms with Crippen molar-refractivity contribution in [3.63, 3.8) is 0 Å². The molecule has 0 saturated heterocycles.